The number of ether oxygens (including phenoxy) is 2. The number of methoxy groups -OCH3 is 1. The summed E-state index contributed by atoms with van der Waals surface area (Å²) < 4.78 is 58.3. The topological polar surface area (TPSA) is 48.4 Å². The quantitative estimate of drug-likeness (QED) is 0.642. The van der Waals surface area contributed by atoms with Crippen molar-refractivity contribution in [2.45, 2.75) is 6.36 Å². The minimum absolute atomic E-state index is 0.0692. The van der Waals surface area contributed by atoms with Gasteiger partial charge in [-0.15, -0.1) is 13.2 Å². The number of hydrogen-bond acceptors (Lipinski definition) is 4. The molecule has 0 radical (unpaired) electrons. The van der Waals surface area contributed by atoms with E-state index in [4.69, 9.17) is 0 Å². The Morgan fingerprint density at radius 1 is 1.18 bits per heavy atom. The molecule has 0 N–H and O–H groups in total. The molecular formula is C14H9F4NO3. The molecule has 0 saturated carbocycles. The second kappa shape index (κ2) is 6.00. The lowest BCUT2D eigenvalue weighted by atomic mass is 10.1. The molecule has 1 aromatic heterocycles. The van der Waals surface area contributed by atoms with Gasteiger partial charge in [-0.25, -0.2) is 9.18 Å². The molecule has 1 aromatic carbocycles. The van der Waals surface area contributed by atoms with E-state index in [2.05, 4.69) is 14.5 Å². The van der Waals surface area contributed by atoms with Crippen LogP contribution in [-0.2, 0) is 4.74 Å². The third-order valence-corrected chi connectivity index (χ3v) is 2.63. The zero-order valence-electron chi connectivity index (χ0n) is 11.1. The number of halogens is 4. The third kappa shape index (κ3) is 3.72. The molecule has 22 heavy (non-hydrogen) atoms. The lowest BCUT2D eigenvalue weighted by Crippen LogP contribution is -2.17. The maximum Gasteiger partial charge on any atom is 0.573 e. The predicted molar refractivity (Wildman–Crippen MR) is 67.7 cm³/mol. The van der Waals surface area contributed by atoms with Crippen LogP contribution in [-0.4, -0.2) is 24.4 Å². The van der Waals surface area contributed by atoms with Crippen LogP contribution in [0.5, 0.6) is 5.75 Å². The standard InChI is InChI=1S/C14H9F4NO3/c1-21-13(20)8-4-5-19-12(6-8)10-3-2-9(7-11(10)15)22-14(16,17)18/h2-7H,1H3. The Morgan fingerprint density at radius 2 is 1.91 bits per heavy atom. The Labute approximate surface area is 122 Å². The van der Waals surface area contributed by atoms with Crippen molar-refractivity contribution in [3.05, 3.63) is 47.9 Å². The molecule has 0 amide bonds. The molecule has 0 fully saturated rings. The van der Waals surface area contributed by atoms with Crippen molar-refractivity contribution < 1.29 is 31.8 Å². The lowest BCUT2D eigenvalue weighted by Gasteiger charge is -2.10. The van der Waals surface area contributed by atoms with Crippen LogP contribution in [0.15, 0.2) is 36.5 Å². The maximum absolute atomic E-state index is 13.9. The summed E-state index contributed by atoms with van der Waals surface area (Å²) in [4.78, 5) is 15.3. The van der Waals surface area contributed by atoms with Gasteiger partial charge in [0.25, 0.3) is 0 Å². The lowest BCUT2D eigenvalue weighted by molar-refractivity contribution is -0.274. The molecule has 1 heterocycles. The summed E-state index contributed by atoms with van der Waals surface area (Å²) in [6, 6.07) is 5.27. The zero-order valence-corrected chi connectivity index (χ0v) is 11.1. The van der Waals surface area contributed by atoms with Crippen molar-refractivity contribution in [3.8, 4) is 17.0 Å². The normalized spacial score (nSPS) is 11.1. The van der Waals surface area contributed by atoms with Crippen LogP contribution in [0.4, 0.5) is 17.6 Å². The van der Waals surface area contributed by atoms with Gasteiger partial charge in [0.05, 0.1) is 18.4 Å². The van der Waals surface area contributed by atoms with Crippen LogP contribution in [0.3, 0.4) is 0 Å². The second-order valence-corrected chi connectivity index (χ2v) is 4.11. The van der Waals surface area contributed by atoms with Crippen LogP contribution in [0.2, 0.25) is 0 Å². The van der Waals surface area contributed by atoms with E-state index in [9.17, 15) is 22.4 Å². The van der Waals surface area contributed by atoms with Gasteiger partial charge in [0, 0.05) is 17.8 Å². The largest absolute Gasteiger partial charge is 0.573 e. The van der Waals surface area contributed by atoms with E-state index in [1.54, 1.807) is 0 Å². The van der Waals surface area contributed by atoms with E-state index >= 15 is 0 Å². The highest BCUT2D eigenvalue weighted by Crippen LogP contribution is 2.28. The highest BCUT2D eigenvalue weighted by molar-refractivity contribution is 5.90. The van der Waals surface area contributed by atoms with E-state index in [1.165, 1.54) is 25.4 Å². The first-order valence-corrected chi connectivity index (χ1v) is 5.90. The van der Waals surface area contributed by atoms with Gasteiger partial charge in [0.15, 0.2) is 0 Å². The average molecular weight is 315 g/mol. The van der Waals surface area contributed by atoms with Crippen LogP contribution < -0.4 is 4.74 Å². The molecule has 0 bridgehead atoms. The molecule has 0 aliphatic carbocycles. The number of rotatable bonds is 3. The molecule has 0 atom stereocenters. The monoisotopic (exact) mass is 315 g/mol. The molecule has 0 unspecified atom stereocenters. The van der Waals surface area contributed by atoms with Crippen molar-refractivity contribution in [3.63, 3.8) is 0 Å². The Bertz CT molecular complexity index is 701. The van der Waals surface area contributed by atoms with Gasteiger partial charge < -0.3 is 9.47 Å². The van der Waals surface area contributed by atoms with Gasteiger partial charge in [0.2, 0.25) is 0 Å². The fourth-order valence-corrected chi connectivity index (χ4v) is 1.72. The van der Waals surface area contributed by atoms with Crippen molar-refractivity contribution in [2.75, 3.05) is 7.11 Å². The van der Waals surface area contributed by atoms with Crippen molar-refractivity contribution in [1.29, 1.82) is 0 Å². The van der Waals surface area contributed by atoms with Gasteiger partial charge in [-0.05, 0) is 24.3 Å². The van der Waals surface area contributed by atoms with Gasteiger partial charge in [-0.3, -0.25) is 4.98 Å². The first kappa shape index (κ1) is 15.7. The summed E-state index contributed by atoms with van der Waals surface area (Å²) in [6.45, 7) is 0. The summed E-state index contributed by atoms with van der Waals surface area (Å²) in [5.74, 6) is -2.28. The number of carbonyl (C=O) groups excluding carboxylic acids is 1. The fraction of sp³-hybridized carbons (Fsp3) is 0.143. The molecule has 116 valence electrons. The number of benzene rings is 1. The Kier molecular flexibility index (Phi) is 4.30. The molecule has 0 spiro atoms. The highest BCUT2D eigenvalue weighted by Gasteiger charge is 2.31. The number of esters is 1. The third-order valence-electron chi connectivity index (χ3n) is 2.63. The molecule has 8 heteroatoms. The second-order valence-electron chi connectivity index (χ2n) is 4.11. The van der Waals surface area contributed by atoms with E-state index in [-0.39, 0.29) is 16.8 Å². The minimum atomic E-state index is -4.91. The average Bonchev–Trinajstić information content (AvgIpc) is 2.45. The summed E-state index contributed by atoms with van der Waals surface area (Å²) in [7, 11) is 1.19. The van der Waals surface area contributed by atoms with Crippen LogP contribution in [0, 0.1) is 5.82 Å². The molecular weight excluding hydrogens is 306 g/mol. The van der Waals surface area contributed by atoms with E-state index in [0.29, 0.717) is 6.07 Å². The van der Waals surface area contributed by atoms with Gasteiger partial charge >= 0.3 is 12.3 Å². The number of nitrogens with zero attached hydrogens (tertiary/aromatic N) is 1. The van der Waals surface area contributed by atoms with Crippen LogP contribution in [0.25, 0.3) is 11.3 Å². The first-order chi connectivity index (χ1) is 10.3. The maximum atomic E-state index is 13.9. The van der Waals surface area contributed by atoms with Gasteiger partial charge in [-0.1, -0.05) is 0 Å². The van der Waals surface area contributed by atoms with Gasteiger partial charge in [0.1, 0.15) is 11.6 Å². The summed E-state index contributed by atoms with van der Waals surface area (Å²) in [5, 5.41) is 0. The number of hydrogen-bond donors (Lipinski definition) is 0. The Morgan fingerprint density at radius 3 is 2.50 bits per heavy atom. The number of aromatic nitrogens is 1. The molecule has 4 nitrogen and oxygen atoms in total. The van der Waals surface area contributed by atoms with Crippen molar-refractivity contribution in [1.82, 2.24) is 4.98 Å². The zero-order chi connectivity index (χ0) is 16.3. The fourth-order valence-electron chi connectivity index (χ4n) is 1.72. The SMILES string of the molecule is COC(=O)c1ccnc(-c2ccc(OC(F)(F)F)cc2F)c1. The summed E-state index contributed by atoms with van der Waals surface area (Å²) >= 11 is 0. The molecule has 0 aliphatic rings. The number of carbonyl (C=O) groups is 1. The van der Waals surface area contributed by atoms with Gasteiger partial charge in [-0.2, -0.15) is 0 Å². The number of pyridine rings is 1. The van der Waals surface area contributed by atoms with Crippen molar-refractivity contribution >= 4 is 5.97 Å². The molecule has 0 aliphatic heterocycles. The Balaban J connectivity index is 2.35. The first-order valence-electron chi connectivity index (χ1n) is 5.90. The Hall–Kier alpha value is -2.64. The van der Waals surface area contributed by atoms with Crippen LogP contribution >= 0.6 is 0 Å². The smallest absolute Gasteiger partial charge is 0.465 e. The molecule has 2 aromatic rings. The predicted octanol–water partition coefficient (Wildman–Crippen LogP) is 3.57. The van der Waals surface area contributed by atoms with E-state index < -0.39 is 23.9 Å². The minimum Gasteiger partial charge on any atom is -0.465 e. The molecule has 0 saturated heterocycles. The van der Waals surface area contributed by atoms with Crippen LogP contribution in [0.1, 0.15) is 10.4 Å². The highest BCUT2D eigenvalue weighted by atomic mass is 19.4. The van der Waals surface area contributed by atoms with Crippen molar-refractivity contribution in [2.24, 2.45) is 0 Å². The number of alkyl halides is 3. The summed E-state index contributed by atoms with van der Waals surface area (Å²) in [6.07, 6.45) is -3.64. The van der Waals surface area contributed by atoms with E-state index in [1.807, 2.05) is 0 Å². The summed E-state index contributed by atoms with van der Waals surface area (Å²) in [5.41, 5.74) is 0.154. The van der Waals surface area contributed by atoms with E-state index in [0.717, 1.165) is 12.1 Å². The molecule has 2 rings (SSSR count).